The van der Waals surface area contributed by atoms with Crippen molar-refractivity contribution in [3.05, 3.63) is 77.7 Å². The molecular weight excluding hydrogens is 282 g/mol. The summed E-state index contributed by atoms with van der Waals surface area (Å²) in [6, 6.07) is 17.8. The van der Waals surface area contributed by atoms with Gasteiger partial charge in [0.15, 0.2) is 0 Å². The Kier molecular flexibility index (Phi) is 4.04. The molecule has 3 nitrogen and oxygen atoms in total. The predicted octanol–water partition coefficient (Wildman–Crippen LogP) is 3.90. The van der Waals surface area contributed by atoms with E-state index in [4.69, 9.17) is 17.3 Å². The van der Waals surface area contributed by atoms with Crippen LogP contribution in [0.25, 0.3) is 11.3 Å². The van der Waals surface area contributed by atoms with Crippen LogP contribution in [-0.2, 0) is 6.54 Å². The van der Waals surface area contributed by atoms with E-state index in [9.17, 15) is 0 Å². The zero-order valence-electron chi connectivity index (χ0n) is 11.5. The second kappa shape index (κ2) is 6.12. The zero-order valence-corrected chi connectivity index (χ0v) is 12.2. The molecule has 0 aliphatic heterocycles. The minimum Gasteiger partial charge on any atom is -0.329 e. The number of hydrogen-bond donors (Lipinski definition) is 1. The highest BCUT2D eigenvalue weighted by Crippen LogP contribution is 2.24. The van der Waals surface area contributed by atoms with Gasteiger partial charge in [-0.1, -0.05) is 54.1 Å². The molecule has 0 fully saturated rings. The largest absolute Gasteiger partial charge is 0.329 e. The molecular formula is C17H16ClN3. The predicted molar refractivity (Wildman–Crippen MR) is 86.0 cm³/mol. The lowest BCUT2D eigenvalue weighted by atomic mass is 10.1. The first-order valence-electron chi connectivity index (χ1n) is 6.80. The summed E-state index contributed by atoms with van der Waals surface area (Å²) in [5.41, 5.74) is 9.46. The Labute approximate surface area is 129 Å². The van der Waals surface area contributed by atoms with Gasteiger partial charge in [0.25, 0.3) is 0 Å². The fourth-order valence-corrected chi connectivity index (χ4v) is 2.56. The molecule has 2 N–H and O–H groups in total. The molecule has 21 heavy (non-hydrogen) atoms. The van der Waals surface area contributed by atoms with Crippen LogP contribution in [-0.4, -0.2) is 9.55 Å². The maximum atomic E-state index is 6.29. The van der Waals surface area contributed by atoms with Crippen molar-refractivity contribution < 1.29 is 0 Å². The summed E-state index contributed by atoms with van der Waals surface area (Å²) in [4.78, 5) is 4.24. The van der Waals surface area contributed by atoms with Gasteiger partial charge in [0, 0.05) is 23.2 Å². The van der Waals surface area contributed by atoms with Crippen LogP contribution in [0.3, 0.4) is 0 Å². The van der Waals surface area contributed by atoms with Crippen molar-refractivity contribution in [2.24, 2.45) is 5.73 Å². The Hall–Kier alpha value is -2.10. The number of aromatic nitrogens is 2. The zero-order chi connectivity index (χ0) is 14.7. The molecule has 1 aromatic heterocycles. The van der Waals surface area contributed by atoms with Gasteiger partial charge in [-0.25, -0.2) is 4.98 Å². The first kappa shape index (κ1) is 13.9. The van der Waals surface area contributed by atoms with Crippen molar-refractivity contribution in [2.75, 3.05) is 0 Å². The Bertz CT molecular complexity index is 722. The molecule has 1 unspecified atom stereocenters. The lowest BCUT2D eigenvalue weighted by Gasteiger charge is -2.15. The number of imidazole rings is 1. The highest BCUT2D eigenvalue weighted by molar-refractivity contribution is 6.30. The summed E-state index contributed by atoms with van der Waals surface area (Å²) >= 11 is 6.06. The summed E-state index contributed by atoms with van der Waals surface area (Å²) in [7, 11) is 0. The van der Waals surface area contributed by atoms with Gasteiger partial charge in [0.1, 0.15) is 0 Å². The summed E-state index contributed by atoms with van der Waals surface area (Å²) in [6.07, 6.45) is 3.64. The topological polar surface area (TPSA) is 43.8 Å². The lowest BCUT2D eigenvalue weighted by Crippen LogP contribution is -2.17. The van der Waals surface area contributed by atoms with Crippen LogP contribution >= 0.6 is 11.6 Å². The van der Waals surface area contributed by atoms with E-state index in [-0.39, 0.29) is 6.04 Å². The molecule has 0 bridgehead atoms. The van der Waals surface area contributed by atoms with E-state index >= 15 is 0 Å². The highest BCUT2D eigenvalue weighted by Gasteiger charge is 2.10. The minimum absolute atomic E-state index is 0.0710. The third kappa shape index (κ3) is 3.15. The standard InChI is InChI=1S/C17H16ClN3/c18-15-8-4-7-14(9-15)17-10-20-12-21(17)11-16(19)13-5-2-1-3-6-13/h1-10,12,16H,11,19H2. The molecule has 0 radical (unpaired) electrons. The van der Waals surface area contributed by atoms with E-state index in [1.807, 2.05) is 60.8 Å². The molecule has 0 aliphatic rings. The van der Waals surface area contributed by atoms with Crippen LogP contribution in [0.5, 0.6) is 0 Å². The Balaban J connectivity index is 1.86. The summed E-state index contributed by atoms with van der Waals surface area (Å²) in [5.74, 6) is 0. The quantitative estimate of drug-likeness (QED) is 0.793. The monoisotopic (exact) mass is 297 g/mol. The Morgan fingerprint density at radius 1 is 1.10 bits per heavy atom. The van der Waals surface area contributed by atoms with E-state index in [0.717, 1.165) is 16.8 Å². The lowest BCUT2D eigenvalue weighted by molar-refractivity contribution is 0.580. The van der Waals surface area contributed by atoms with Crippen molar-refractivity contribution >= 4 is 11.6 Å². The first-order chi connectivity index (χ1) is 10.2. The fourth-order valence-electron chi connectivity index (χ4n) is 2.37. The average Bonchev–Trinajstić information content (AvgIpc) is 2.96. The molecule has 0 saturated heterocycles. The summed E-state index contributed by atoms with van der Waals surface area (Å²) in [5, 5.41) is 0.715. The molecule has 0 saturated carbocycles. The summed E-state index contributed by atoms with van der Waals surface area (Å²) in [6.45, 7) is 0.672. The van der Waals surface area contributed by atoms with Gasteiger partial charge < -0.3 is 10.3 Å². The number of hydrogen-bond acceptors (Lipinski definition) is 2. The van der Waals surface area contributed by atoms with E-state index < -0.39 is 0 Å². The van der Waals surface area contributed by atoms with E-state index in [2.05, 4.69) is 9.55 Å². The Morgan fingerprint density at radius 3 is 2.67 bits per heavy atom. The van der Waals surface area contributed by atoms with Gasteiger partial charge in [-0.05, 0) is 17.7 Å². The van der Waals surface area contributed by atoms with Gasteiger partial charge in [-0.15, -0.1) is 0 Å². The number of halogens is 1. The molecule has 0 spiro atoms. The van der Waals surface area contributed by atoms with Gasteiger partial charge in [0.05, 0.1) is 18.2 Å². The molecule has 0 amide bonds. The maximum Gasteiger partial charge on any atom is 0.0951 e. The molecule has 1 heterocycles. The second-order valence-electron chi connectivity index (χ2n) is 4.96. The average molecular weight is 298 g/mol. The van der Waals surface area contributed by atoms with Crippen LogP contribution in [0.1, 0.15) is 11.6 Å². The smallest absolute Gasteiger partial charge is 0.0951 e. The molecule has 3 aromatic rings. The van der Waals surface area contributed by atoms with Crippen LogP contribution in [0.15, 0.2) is 67.1 Å². The van der Waals surface area contributed by atoms with Crippen molar-refractivity contribution in [2.45, 2.75) is 12.6 Å². The van der Waals surface area contributed by atoms with Gasteiger partial charge in [0.2, 0.25) is 0 Å². The van der Waals surface area contributed by atoms with E-state index in [1.54, 1.807) is 6.33 Å². The second-order valence-corrected chi connectivity index (χ2v) is 5.40. The fraction of sp³-hybridized carbons (Fsp3) is 0.118. The molecule has 4 heteroatoms. The van der Waals surface area contributed by atoms with Crippen molar-refractivity contribution in [1.82, 2.24) is 9.55 Å². The number of benzene rings is 2. The molecule has 1 atom stereocenters. The molecule has 3 rings (SSSR count). The maximum absolute atomic E-state index is 6.29. The first-order valence-corrected chi connectivity index (χ1v) is 7.18. The van der Waals surface area contributed by atoms with Gasteiger partial charge >= 0.3 is 0 Å². The van der Waals surface area contributed by atoms with Crippen LogP contribution in [0.2, 0.25) is 5.02 Å². The molecule has 0 aliphatic carbocycles. The third-order valence-electron chi connectivity index (χ3n) is 3.45. The van der Waals surface area contributed by atoms with E-state index in [1.165, 1.54) is 0 Å². The number of nitrogens with two attached hydrogens (primary N) is 1. The normalized spacial score (nSPS) is 12.3. The van der Waals surface area contributed by atoms with Gasteiger partial charge in [-0.2, -0.15) is 0 Å². The van der Waals surface area contributed by atoms with Crippen molar-refractivity contribution in [1.29, 1.82) is 0 Å². The SMILES string of the molecule is NC(Cn1cncc1-c1cccc(Cl)c1)c1ccccc1. The van der Waals surface area contributed by atoms with E-state index in [0.29, 0.717) is 11.6 Å². The third-order valence-corrected chi connectivity index (χ3v) is 3.69. The van der Waals surface area contributed by atoms with Crippen LogP contribution in [0, 0.1) is 0 Å². The van der Waals surface area contributed by atoms with Crippen LogP contribution in [0.4, 0.5) is 0 Å². The van der Waals surface area contributed by atoms with Crippen molar-refractivity contribution in [3.63, 3.8) is 0 Å². The number of nitrogens with zero attached hydrogens (tertiary/aromatic N) is 2. The summed E-state index contributed by atoms with van der Waals surface area (Å²) < 4.78 is 2.06. The van der Waals surface area contributed by atoms with Gasteiger partial charge in [-0.3, -0.25) is 0 Å². The molecule has 2 aromatic carbocycles. The van der Waals surface area contributed by atoms with Crippen LogP contribution < -0.4 is 5.73 Å². The number of rotatable bonds is 4. The minimum atomic E-state index is -0.0710. The Morgan fingerprint density at radius 2 is 1.90 bits per heavy atom. The highest BCUT2D eigenvalue weighted by atomic mass is 35.5. The van der Waals surface area contributed by atoms with Crippen molar-refractivity contribution in [3.8, 4) is 11.3 Å². The molecule has 106 valence electrons.